The fraction of sp³-hybridized carbons (Fsp3) is 0.280. The molecule has 2 amide bonds. The lowest BCUT2D eigenvalue weighted by molar-refractivity contribution is -0.151. The summed E-state index contributed by atoms with van der Waals surface area (Å²) in [6.07, 6.45) is 5.21. The van der Waals surface area contributed by atoms with Crippen LogP contribution in [0.3, 0.4) is 0 Å². The van der Waals surface area contributed by atoms with E-state index in [4.69, 9.17) is 5.73 Å². The van der Waals surface area contributed by atoms with Gasteiger partial charge in [-0.1, -0.05) is 0 Å². The van der Waals surface area contributed by atoms with Gasteiger partial charge in [-0.15, -0.1) is 0 Å². The van der Waals surface area contributed by atoms with Gasteiger partial charge in [0, 0.05) is 62.0 Å². The van der Waals surface area contributed by atoms with Gasteiger partial charge in [-0.05, 0) is 31.0 Å². The van der Waals surface area contributed by atoms with Crippen molar-refractivity contribution in [2.45, 2.75) is 18.9 Å². The van der Waals surface area contributed by atoms with Crippen molar-refractivity contribution in [3.63, 3.8) is 0 Å². The van der Waals surface area contributed by atoms with Crippen LogP contribution in [0, 0.1) is 5.82 Å². The van der Waals surface area contributed by atoms with E-state index in [1.807, 2.05) is 0 Å². The number of nitrogens with two attached hydrogens (primary N) is 1. The second-order valence-corrected chi connectivity index (χ2v) is 9.00. The third kappa shape index (κ3) is 4.02. The second-order valence-electron chi connectivity index (χ2n) is 9.00. The molecule has 5 rings (SSSR count). The van der Waals surface area contributed by atoms with Crippen molar-refractivity contribution in [1.82, 2.24) is 29.3 Å². The van der Waals surface area contributed by atoms with Crippen molar-refractivity contribution in [3.05, 3.63) is 59.0 Å². The third-order valence-electron chi connectivity index (χ3n) is 6.50. The van der Waals surface area contributed by atoms with E-state index in [0.29, 0.717) is 64.8 Å². The minimum Gasteiger partial charge on any atom is -0.384 e. The van der Waals surface area contributed by atoms with Gasteiger partial charge in [-0.3, -0.25) is 19.4 Å². The van der Waals surface area contributed by atoms with E-state index in [-0.39, 0.29) is 11.6 Å². The number of nitrogen functional groups attached to an aromatic ring is 1. The number of carbonyl (C=O) groups excluding carboxylic acids is 2. The number of anilines is 1. The lowest BCUT2D eigenvalue weighted by Crippen LogP contribution is -2.47. The zero-order valence-corrected chi connectivity index (χ0v) is 19.8. The molecule has 0 spiro atoms. The monoisotopic (exact) mass is 489 g/mol. The van der Waals surface area contributed by atoms with E-state index in [9.17, 15) is 14.4 Å². The molecule has 0 radical (unpaired) electrons. The van der Waals surface area contributed by atoms with Crippen LogP contribution in [0.1, 0.15) is 18.9 Å². The highest BCUT2D eigenvalue weighted by Crippen LogP contribution is 2.32. The molecule has 0 aliphatic carbocycles. The lowest BCUT2D eigenvalue weighted by Gasteiger charge is -2.33. The Bertz CT molecular complexity index is 1560. The topological polar surface area (TPSA) is 127 Å². The Morgan fingerprint density at radius 3 is 2.42 bits per heavy atom. The molecule has 4 aromatic rings. The van der Waals surface area contributed by atoms with Crippen molar-refractivity contribution < 1.29 is 14.0 Å². The van der Waals surface area contributed by atoms with Gasteiger partial charge in [0.05, 0.1) is 23.4 Å². The second kappa shape index (κ2) is 8.99. The molecule has 11 heteroatoms. The van der Waals surface area contributed by atoms with Crippen LogP contribution in [-0.4, -0.2) is 68.3 Å². The molecule has 1 aliphatic heterocycles. The summed E-state index contributed by atoms with van der Waals surface area (Å²) in [6, 6.07) is 6.01. The van der Waals surface area contributed by atoms with Gasteiger partial charge in [0.2, 0.25) is 0 Å². The van der Waals surface area contributed by atoms with Crippen molar-refractivity contribution in [3.8, 4) is 11.1 Å². The van der Waals surface area contributed by atoms with E-state index < -0.39 is 17.6 Å². The van der Waals surface area contributed by atoms with Crippen LogP contribution < -0.4 is 11.3 Å². The van der Waals surface area contributed by atoms with Crippen LogP contribution in [0.15, 0.2) is 47.7 Å². The molecule has 184 valence electrons. The van der Waals surface area contributed by atoms with Crippen LogP contribution in [0.5, 0.6) is 0 Å². The number of aromatic nitrogens is 4. The fourth-order valence-electron chi connectivity index (χ4n) is 4.64. The normalized spacial score (nSPS) is 14.4. The van der Waals surface area contributed by atoms with Gasteiger partial charge in [-0.2, -0.15) is 0 Å². The first-order valence-electron chi connectivity index (χ1n) is 11.5. The minimum absolute atomic E-state index is 0.237. The number of nitrogens with zero attached hydrogens (tertiary/aromatic N) is 6. The summed E-state index contributed by atoms with van der Waals surface area (Å²) in [5.41, 5.74) is 7.65. The summed E-state index contributed by atoms with van der Waals surface area (Å²) in [5.74, 6) is -1.29. The highest BCUT2D eigenvalue weighted by molar-refractivity contribution is 6.34. The molecular weight excluding hydrogens is 465 g/mol. The van der Waals surface area contributed by atoms with E-state index in [1.54, 1.807) is 22.8 Å². The maximum Gasteiger partial charge on any atom is 0.312 e. The van der Waals surface area contributed by atoms with Gasteiger partial charge in [0.15, 0.2) is 0 Å². The number of carbonyl (C=O) groups is 2. The molecule has 1 fully saturated rings. The molecule has 0 bridgehead atoms. The molecule has 2 N–H and O–H groups in total. The molecule has 0 unspecified atom stereocenters. The highest BCUT2D eigenvalue weighted by Gasteiger charge is 2.30. The van der Waals surface area contributed by atoms with Crippen molar-refractivity contribution >= 4 is 39.6 Å². The summed E-state index contributed by atoms with van der Waals surface area (Å²) in [4.78, 5) is 53.1. The number of pyridine rings is 2. The van der Waals surface area contributed by atoms with Crippen molar-refractivity contribution in [1.29, 1.82) is 0 Å². The molecule has 4 heterocycles. The molecular formula is C25H24FN7O3. The Morgan fingerprint density at radius 2 is 1.75 bits per heavy atom. The number of fused-ring (bicyclic) bond motifs is 3. The van der Waals surface area contributed by atoms with Gasteiger partial charge in [0.25, 0.3) is 5.56 Å². The molecule has 1 saturated heterocycles. The SMILES string of the molecule is CN(C)C(=O)C(=O)N1CCC(n2c(=O)cnc3cnc4cc(F)c(-c5ccc(N)nc5)cc4c32)CC1. The van der Waals surface area contributed by atoms with Gasteiger partial charge in [-0.25, -0.2) is 14.4 Å². The van der Waals surface area contributed by atoms with Gasteiger partial charge in [0.1, 0.15) is 17.2 Å². The molecule has 0 saturated carbocycles. The maximum absolute atomic E-state index is 15.0. The number of amides is 2. The summed E-state index contributed by atoms with van der Waals surface area (Å²) >= 11 is 0. The van der Waals surface area contributed by atoms with Gasteiger partial charge >= 0.3 is 11.8 Å². The van der Waals surface area contributed by atoms with Crippen LogP contribution in [-0.2, 0) is 9.59 Å². The predicted molar refractivity (Wildman–Crippen MR) is 132 cm³/mol. The maximum atomic E-state index is 15.0. The standard InChI is InChI=1S/C25H24FN7O3/c1-31(2)24(35)25(36)32-7-5-15(6-8-32)33-22(34)13-29-20-12-28-19-10-18(26)16(9-17(19)23(20)33)14-3-4-21(27)30-11-14/h3-4,9-13,15H,5-8H2,1-2H3,(H2,27,30). The molecule has 3 aromatic heterocycles. The number of hydrogen-bond donors (Lipinski definition) is 1. The van der Waals surface area contributed by atoms with E-state index in [2.05, 4.69) is 15.0 Å². The van der Waals surface area contributed by atoms with E-state index >= 15 is 4.39 Å². The quantitative estimate of drug-likeness (QED) is 0.337. The Hall–Kier alpha value is -4.41. The number of likely N-dealkylation sites (tertiary alicyclic amines) is 1. The largest absolute Gasteiger partial charge is 0.384 e. The van der Waals surface area contributed by atoms with Crippen molar-refractivity contribution in [2.75, 3.05) is 32.9 Å². The molecule has 1 aliphatic rings. The summed E-state index contributed by atoms with van der Waals surface area (Å²) < 4.78 is 16.7. The minimum atomic E-state index is -0.580. The van der Waals surface area contributed by atoms with Crippen LogP contribution in [0.2, 0.25) is 0 Å². The number of likely N-dealkylation sites (N-methyl/N-ethyl adjacent to an activating group) is 1. The average molecular weight is 490 g/mol. The zero-order valence-electron chi connectivity index (χ0n) is 19.8. The first-order valence-corrected chi connectivity index (χ1v) is 11.5. The smallest absolute Gasteiger partial charge is 0.312 e. The highest BCUT2D eigenvalue weighted by atomic mass is 19.1. The Morgan fingerprint density at radius 1 is 1.03 bits per heavy atom. The Balaban J connectivity index is 1.60. The number of halogens is 1. The van der Waals surface area contributed by atoms with Crippen LogP contribution >= 0.6 is 0 Å². The Kier molecular flexibility index (Phi) is 5.83. The van der Waals surface area contributed by atoms with Gasteiger partial charge < -0.3 is 20.1 Å². The first kappa shape index (κ1) is 23.3. The summed E-state index contributed by atoms with van der Waals surface area (Å²) in [5, 5.41) is 0.576. The first-order chi connectivity index (χ1) is 17.2. The zero-order chi connectivity index (χ0) is 25.6. The lowest BCUT2D eigenvalue weighted by atomic mass is 10.0. The number of rotatable bonds is 2. The molecule has 10 nitrogen and oxygen atoms in total. The van der Waals surface area contributed by atoms with E-state index in [0.717, 1.165) is 0 Å². The Labute approximate surface area is 205 Å². The van der Waals surface area contributed by atoms with Crippen LogP contribution in [0.4, 0.5) is 10.2 Å². The summed E-state index contributed by atoms with van der Waals surface area (Å²) in [6.45, 7) is 0.665. The van der Waals surface area contributed by atoms with Crippen LogP contribution in [0.25, 0.3) is 33.1 Å². The number of hydrogen-bond acceptors (Lipinski definition) is 7. The fourth-order valence-corrected chi connectivity index (χ4v) is 4.64. The third-order valence-corrected chi connectivity index (χ3v) is 6.50. The molecule has 36 heavy (non-hydrogen) atoms. The molecule has 0 atom stereocenters. The summed E-state index contributed by atoms with van der Waals surface area (Å²) in [7, 11) is 3.07. The van der Waals surface area contributed by atoms with Crippen molar-refractivity contribution in [2.24, 2.45) is 0 Å². The number of benzene rings is 1. The predicted octanol–water partition coefficient (Wildman–Crippen LogP) is 1.98. The average Bonchev–Trinajstić information content (AvgIpc) is 2.88. The van der Waals surface area contributed by atoms with E-state index in [1.165, 1.54) is 48.6 Å². The molecule has 1 aromatic carbocycles. The number of piperidine rings is 1.